The molecule has 0 spiro atoms. The normalized spacial score (nSPS) is 17.1. The number of carbonyl (C=O) groups excluding carboxylic acids is 1. The van der Waals surface area contributed by atoms with Crippen LogP contribution in [0.1, 0.15) is 73.0 Å². The lowest BCUT2D eigenvalue weighted by molar-refractivity contribution is -0.139. The van der Waals surface area contributed by atoms with E-state index in [4.69, 9.17) is 9.84 Å². The molecule has 0 saturated carbocycles. The van der Waals surface area contributed by atoms with Gasteiger partial charge in [-0.15, -0.1) is 0 Å². The topological polar surface area (TPSA) is 125 Å². The average Bonchev–Trinajstić information content (AvgIpc) is 3.32. The SMILES string of the molecule is CC(C)c1c(C(=O)N2CCC[C@@H](c3ccccc3)C2)nn(-c2ccc(F)cc2)c1OC[C@@H](O)C[C@@H](O)CC(=O)O. The van der Waals surface area contributed by atoms with Crippen LogP contribution in [-0.2, 0) is 4.79 Å². The van der Waals surface area contributed by atoms with Crippen LogP contribution in [0.3, 0.4) is 0 Å². The van der Waals surface area contributed by atoms with Crippen LogP contribution in [0.2, 0.25) is 0 Å². The Bertz CT molecular complexity index is 1290. The lowest BCUT2D eigenvalue weighted by Crippen LogP contribution is -2.39. The van der Waals surface area contributed by atoms with Crippen LogP contribution >= 0.6 is 0 Å². The third kappa shape index (κ3) is 7.05. The maximum absolute atomic E-state index is 13.9. The van der Waals surface area contributed by atoms with E-state index in [9.17, 15) is 24.2 Å². The molecule has 1 amide bonds. The Balaban J connectivity index is 1.65. The van der Waals surface area contributed by atoms with Gasteiger partial charge in [0.25, 0.3) is 5.91 Å². The number of ether oxygens (including phenoxy) is 1. The number of aromatic nitrogens is 2. The molecule has 214 valence electrons. The minimum absolute atomic E-state index is 0.187. The van der Waals surface area contributed by atoms with Crippen molar-refractivity contribution in [3.63, 3.8) is 0 Å². The Morgan fingerprint density at radius 3 is 2.42 bits per heavy atom. The minimum Gasteiger partial charge on any atom is -0.481 e. The van der Waals surface area contributed by atoms with Crippen molar-refractivity contribution in [2.75, 3.05) is 19.7 Å². The summed E-state index contributed by atoms with van der Waals surface area (Å²) < 4.78 is 21.2. The van der Waals surface area contributed by atoms with Crippen molar-refractivity contribution in [1.29, 1.82) is 0 Å². The molecule has 0 unspecified atom stereocenters. The molecule has 3 aromatic rings. The van der Waals surface area contributed by atoms with E-state index in [0.717, 1.165) is 12.8 Å². The number of aliphatic carboxylic acids is 1. The molecule has 3 N–H and O–H groups in total. The second-order valence-corrected chi connectivity index (χ2v) is 10.6. The Labute approximate surface area is 232 Å². The monoisotopic (exact) mass is 553 g/mol. The molecule has 9 nitrogen and oxygen atoms in total. The standard InChI is InChI=1S/C30H36FN3O6/c1-19(2)27-28(29(39)33-14-6-9-21(17-33)20-7-4-3-5-8-20)32-34(23-12-10-22(31)11-13-23)30(27)40-18-25(36)15-24(35)16-26(37)38/h3-5,7-8,10-13,19,21,24-25,35-36H,6,9,14-18H2,1-2H3,(H,37,38)/t21-,24-,25+/m1/s1. The Kier molecular flexibility index (Phi) is 9.54. The highest BCUT2D eigenvalue weighted by molar-refractivity contribution is 5.95. The number of carbonyl (C=O) groups is 2. The highest BCUT2D eigenvalue weighted by atomic mass is 19.1. The highest BCUT2D eigenvalue weighted by Gasteiger charge is 2.33. The van der Waals surface area contributed by atoms with E-state index in [0.29, 0.717) is 24.3 Å². The zero-order chi connectivity index (χ0) is 28.8. The number of nitrogens with zero attached hydrogens (tertiary/aromatic N) is 3. The highest BCUT2D eigenvalue weighted by Crippen LogP contribution is 2.35. The second-order valence-electron chi connectivity index (χ2n) is 10.6. The molecule has 2 heterocycles. The number of halogens is 1. The summed E-state index contributed by atoms with van der Waals surface area (Å²) in [5, 5.41) is 33.9. The summed E-state index contributed by atoms with van der Waals surface area (Å²) in [6.45, 7) is 4.70. The number of aliphatic hydroxyl groups is 2. The summed E-state index contributed by atoms with van der Waals surface area (Å²) in [6.07, 6.45) is -1.27. The van der Waals surface area contributed by atoms with Gasteiger partial charge in [0.05, 0.1) is 24.3 Å². The molecule has 3 atom stereocenters. The number of benzene rings is 2. The fourth-order valence-corrected chi connectivity index (χ4v) is 5.14. The Hall–Kier alpha value is -3.76. The van der Waals surface area contributed by atoms with Crippen LogP contribution in [0.15, 0.2) is 54.6 Å². The first kappa shape index (κ1) is 29.2. The van der Waals surface area contributed by atoms with E-state index in [2.05, 4.69) is 17.2 Å². The van der Waals surface area contributed by atoms with Crippen LogP contribution in [0.4, 0.5) is 4.39 Å². The average molecular weight is 554 g/mol. The molecule has 1 aliphatic rings. The van der Waals surface area contributed by atoms with E-state index in [1.54, 1.807) is 0 Å². The van der Waals surface area contributed by atoms with E-state index in [1.807, 2.05) is 36.9 Å². The van der Waals surface area contributed by atoms with Crippen molar-refractivity contribution in [3.05, 3.63) is 77.2 Å². The molecule has 1 aromatic heterocycles. The fourth-order valence-electron chi connectivity index (χ4n) is 5.14. The predicted molar refractivity (Wildman–Crippen MR) is 146 cm³/mol. The van der Waals surface area contributed by atoms with E-state index < -0.39 is 30.4 Å². The smallest absolute Gasteiger partial charge is 0.305 e. The van der Waals surface area contributed by atoms with Gasteiger partial charge in [0, 0.05) is 31.0 Å². The van der Waals surface area contributed by atoms with Gasteiger partial charge in [0.2, 0.25) is 5.88 Å². The molecule has 0 radical (unpaired) electrons. The summed E-state index contributed by atoms with van der Waals surface area (Å²) >= 11 is 0. The molecule has 1 saturated heterocycles. The quantitative estimate of drug-likeness (QED) is 0.326. The summed E-state index contributed by atoms with van der Waals surface area (Å²) in [6, 6.07) is 15.7. The first-order chi connectivity index (χ1) is 19.1. The number of carboxylic acid groups (broad SMARTS) is 1. The van der Waals surface area contributed by atoms with Gasteiger partial charge in [-0.25, -0.2) is 9.07 Å². The van der Waals surface area contributed by atoms with Gasteiger partial charge in [-0.3, -0.25) is 9.59 Å². The second kappa shape index (κ2) is 13.1. The molecule has 10 heteroatoms. The molecule has 4 rings (SSSR count). The Morgan fingerprint density at radius 1 is 1.07 bits per heavy atom. The summed E-state index contributed by atoms with van der Waals surface area (Å²) in [5.74, 6) is -1.58. The maximum atomic E-state index is 13.9. The molecule has 2 aromatic carbocycles. The lowest BCUT2D eigenvalue weighted by Gasteiger charge is -2.33. The predicted octanol–water partition coefficient (Wildman–Crippen LogP) is 4.12. The first-order valence-electron chi connectivity index (χ1n) is 13.6. The molecule has 1 aliphatic heterocycles. The summed E-state index contributed by atoms with van der Waals surface area (Å²) in [7, 11) is 0. The summed E-state index contributed by atoms with van der Waals surface area (Å²) in [4.78, 5) is 26.6. The fraction of sp³-hybridized carbons (Fsp3) is 0.433. The van der Waals surface area contributed by atoms with Crippen LogP contribution < -0.4 is 4.74 Å². The first-order valence-corrected chi connectivity index (χ1v) is 13.6. The number of hydrogen-bond donors (Lipinski definition) is 3. The van der Waals surface area contributed by atoms with Crippen LogP contribution in [-0.4, -0.2) is 73.8 Å². The van der Waals surface area contributed by atoms with Crippen LogP contribution in [0.5, 0.6) is 5.88 Å². The molecule has 0 aliphatic carbocycles. The van der Waals surface area contributed by atoms with Crippen molar-refractivity contribution in [3.8, 4) is 11.6 Å². The summed E-state index contributed by atoms with van der Waals surface area (Å²) in [5.41, 5.74) is 2.43. The van der Waals surface area contributed by atoms with Crippen molar-refractivity contribution >= 4 is 11.9 Å². The third-order valence-electron chi connectivity index (χ3n) is 7.08. The van der Waals surface area contributed by atoms with Crippen molar-refractivity contribution in [2.45, 2.75) is 63.6 Å². The maximum Gasteiger partial charge on any atom is 0.305 e. The molecule has 40 heavy (non-hydrogen) atoms. The van der Waals surface area contributed by atoms with Gasteiger partial charge < -0.3 is 25.0 Å². The minimum atomic E-state index is -1.24. The molecule has 1 fully saturated rings. The van der Waals surface area contributed by atoms with Gasteiger partial charge >= 0.3 is 5.97 Å². The number of piperidine rings is 1. The van der Waals surface area contributed by atoms with Crippen molar-refractivity contribution in [1.82, 2.24) is 14.7 Å². The van der Waals surface area contributed by atoms with Gasteiger partial charge in [-0.2, -0.15) is 5.10 Å². The molecule has 0 bridgehead atoms. The van der Waals surface area contributed by atoms with Crippen LogP contribution in [0.25, 0.3) is 5.69 Å². The van der Waals surface area contributed by atoms with Gasteiger partial charge in [0.1, 0.15) is 12.4 Å². The van der Waals surface area contributed by atoms with Crippen LogP contribution in [0, 0.1) is 5.82 Å². The number of carboxylic acids is 1. The zero-order valence-electron chi connectivity index (χ0n) is 22.7. The Morgan fingerprint density at radius 2 is 1.77 bits per heavy atom. The number of hydrogen-bond acceptors (Lipinski definition) is 6. The molecular weight excluding hydrogens is 517 g/mol. The van der Waals surface area contributed by atoms with Gasteiger partial charge in [0.15, 0.2) is 5.69 Å². The van der Waals surface area contributed by atoms with Crippen molar-refractivity contribution < 1.29 is 34.0 Å². The van der Waals surface area contributed by atoms with Gasteiger partial charge in [-0.1, -0.05) is 44.2 Å². The molecular formula is C30H36FN3O6. The van der Waals surface area contributed by atoms with E-state index in [1.165, 1.54) is 34.5 Å². The van der Waals surface area contributed by atoms with E-state index >= 15 is 0 Å². The largest absolute Gasteiger partial charge is 0.481 e. The van der Waals surface area contributed by atoms with E-state index in [-0.39, 0.29) is 42.3 Å². The lowest BCUT2D eigenvalue weighted by atomic mass is 9.90. The van der Waals surface area contributed by atoms with Gasteiger partial charge in [-0.05, 0) is 48.6 Å². The van der Waals surface area contributed by atoms with Crippen molar-refractivity contribution in [2.24, 2.45) is 0 Å². The number of aliphatic hydroxyl groups excluding tert-OH is 2. The third-order valence-corrected chi connectivity index (χ3v) is 7.08. The zero-order valence-corrected chi connectivity index (χ0v) is 22.7. The number of amides is 1. The number of rotatable bonds is 11. The number of likely N-dealkylation sites (tertiary alicyclic amines) is 1.